The average Bonchev–Trinajstić information content (AvgIpc) is 2.91. The van der Waals surface area contributed by atoms with Crippen molar-refractivity contribution in [3.63, 3.8) is 0 Å². The molecule has 1 aromatic heterocycles. The number of rotatable bonds is 2. The van der Waals surface area contributed by atoms with Gasteiger partial charge in [0.05, 0.1) is 0 Å². The average molecular weight is 297 g/mol. The Morgan fingerprint density at radius 3 is 2.40 bits per heavy atom. The van der Waals surface area contributed by atoms with Crippen LogP contribution in [0.5, 0.6) is 0 Å². The number of likely N-dealkylation sites (N-methyl/N-ethyl adjacent to an activating group) is 1. The summed E-state index contributed by atoms with van der Waals surface area (Å²) < 4.78 is 0. The molecule has 0 aliphatic carbocycles. The van der Waals surface area contributed by atoms with Gasteiger partial charge in [-0.3, -0.25) is 0 Å². The van der Waals surface area contributed by atoms with Gasteiger partial charge in [-0.15, -0.1) is 0 Å². The quantitative estimate of drug-likeness (QED) is 0.819. The zero-order chi connectivity index (χ0) is 14.1. The first-order valence-corrected chi connectivity index (χ1v) is 7.63. The summed E-state index contributed by atoms with van der Waals surface area (Å²) in [5, 5.41) is 0.294. The van der Waals surface area contributed by atoms with Crippen LogP contribution in [0.25, 0.3) is 0 Å². The minimum absolute atomic E-state index is 0.294. The van der Waals surface area contributed by atoms with Gasteiger partial charge in [-0.05, 0) is 38.4 Å². The Balaban J connectivity index is 1.85. The number of halogens is 1. The van der Waals surface area contributed by atoms with Crippen LogP contribution in [0.4, 0.5) is 11.9 Å². The molecular formula is C13H21ClN6. The Kier molecular flexibility index (Phi) is 3.94. The van der Waals surface area contributed by atoms with Crippen LogP contribution >= 0.6 is 11.6 Å². The van der Waals surface area contributed by atoms with Crippen LogP contribution in [0.1, 0.15) is 19.8 Å². The van der Waals surface area contributed by atoms with E-state index in [4.69, 9.17) is 11.6 Å². The Bertz CT molecular complexity index is 476. The molecule has 20 heavy (non-hydrogen) atoms. The topological polar surface area (TPSA) is 48.4 Å². The largest absolute Gasteiger partial charge is 0.341 e. The summed E-state index contributed by atoms with van der Waals surface area (Å²) in [6.07, 6.45) is 2.40. The van der Waals surface area contributed by atoms with Crippen molar-refractivity contribution in [1.82, 2.24) is 19.9 Å². The van der Waals surface area contributed by atoms with Crippen molar-refractivity contribution in [2.45, 2.75) is 25.8 Å². The molecule has 2 aliphatic rings. The molecule has 0 N–H and O–H groups in total. The van der Waals surface area contributed by atoms with E-state index in [9.17, 15) is 0 Å². The smallest absolute Gasteiger partial charge is 0.231 e. The first-order valence-electron chi connectivity index (χ1n) is 7.25. The molecule has 0 aromatic carbocycles. The van der Waals surface area contributed by atoms with Crippen molar-refractivity contribution in [2.24, 2.45) is 0 Å². The summed E-state index contributed by atoms with van der Waals surface area (Å²) in [6.45, 7) is 7.19. The third-order valence-electron chi connectivity index (χ3n) is 4.06. The predicted octanol–water partition coefficient (Wildman–Crippen LogP) is 1.27. The fourth-order valence-corrected chi connectivity index (χ4v) is 3.10. The SMILES string of the molecule is CC1CN(C)CCN1c1nc(Cl)nc(N2CCCC2)n1. The van der Waals surface area contributed by atoms with Crippen molar-refractivity contribution in [3.05, 3.63) is 5.28 Å². The van der Waals surface area contributed by atoms with E-state index in [1.54, 1.807) is 0 Å². The van der Waals surface area contributed by atoms with Crippen LogP contribution in [0, 0.1) is 0 Å². The monoisotopic (exact) mass is 296 g/mol. The zero-order valence-corrected chi connectivity index (χ0v) is 12.8. The highest BCUT2D eigenvalue weighted by Gasteiger charge is 2.25. The molecule has 0 saturated carbocycles. The van der Waals surface area contributed by atoms with Gasteiger partial charge in [-0.2, -0.15) is 15.0 Å². The van der Waals surface area contributed by atoms with Gasteiger partial charge in [-0.25, -0.2) is 0 Å². The number of nitrogens with zero attached hydrogens (tertiary/aromatic N) is 6. The fourth-order valence-electron chi connectivity index (χ4n) is 2.95. The van der Waals surface area contributed by atoms with E-state index in [2.05, 4.69) is 43.6 Å². The van der Waals surface area contributed by atoms with Crippen LogP contribution in [0.2, 0.25) is 5.28 Å². The van der Waals surface area contributed by atoms with E-state index in [1.807, 2.05) is 0 Å². The van der Waals surface area contributed by atoms with Crippen molar-refractivity contribution in [3.8, 4) is 0 Å². The summed E-state index contributed by atoms with van der Waals surface area (Å²) >= 11 is 6.10. The summed E-state index contributed by atoms with van der Waals surface area (Å²) in [5.74, 6) is 1.44. The lowest BCUT2D eigenvalue weighted by molar-refractivity contribution is 0.273. The fraction of sp³-hybridized carbons (Fsp3) is 0.769. The Morgan fingerprint density at radius 1 is 1.00 bits per heavy atom. The molecule has 7 heteroatoms. The minimum atomic E-state index is 0.294. The highest BCUT2D eigenvalue weighted by Crippen LogP contribution is 2.22. The molecule has 3 rings (SSSR count). The van der Waals surface area contributed by atoms with Crippen LogP contribution in [0.15, 0.2) is 0 Å². The maximum absolute atomic E-state index is 6.10. The van der Waals surface area contributed by atoms with Gasteiger partial charge in [0, 0.05) is 38.8 Å². The lowest BCUT2D eigenvalue weighted by Crippen LogP contribution is -2.51. The normalized spacial score (nSPS) is 24.4. The Morgan fingerprint density at radius 2 is 1.70 bits per heavy atom. The van der Waals surface area contributed by atoms with Gasteiger partial charge in [0.2, 0.25) is 17.2 Å². The third kappa shape index (κ3) is 2.81. The molecule has 2 saturated heterocycles. The molecule has 3 heterocycles. The van der Waals surface area contributed by atoms with Crippen molar-refractivity contribution < 1.29 is 0 Å². The van der Waals surface area contributed by atoms with Crippen LogP contribution in [0.3, 0.4) is 0 Å². The summed E-state index contributed by atoms with van der Waals surface area (Å²) in [6, 6.07) is 0.388. The molecule has 1 unspecified atom stereocenters. The van der Waals surface area contributed by atoms with Gasteiger partial charge >= 0.3 is 0 Å². The number of anilines is 2. The molecule has 6 nitrogen and oxygen atoms in total. The van der Waals surface area contributed by atoms with Crippen LogP contribution in [-0.4, -0.2) is 65.7 Å². The van der Waals surface area contributed by atoms with Gasteiger partial charge < -0.3 is 14.7 Å². The highest BCUT2D eigenvalue weighted by molar-refractivity contribution is 6.28. The molecule has 0 radical (unpaired) electrons. The van der Waals surface area contributed by atoms with Crippen LogP contribution < -0.4 is 9.80 Å². The molecule has 0 bridgehead atoms. The lowest BCUT2D eigenvalue weighted by Gasteiger charge is -2.38. The van der Waals surface area contributed by atoms with E-state index in [-0.39, 0.29) is 0 Å². The van der Waals surface area contributed by atoms with Gasteiger partial charge in [0.1, 0.15) is 0 Å². The predicted molar refractivity (Wildman–Crippen MR) is 80.6 cm³/mol. The molecule has 1 atom stereocenters. The Labute approximate surface area is 124 Å². The molecule has 0 spiro atoms. The second kappa shape index (κ2) is 5.69. The molecule has 1 aromatic rings. The maximum Gasteiger partial charge on any atom is 0.231 e. The summed E-state index contributed by atoms with van der Waals surface area (Å²) in [4.78, 5) is 20.0. The number of aromatic nitrogens is 3. The second-order valence-corrected chi connectivity index (χ2v) is 6.04. The molecule has 2 fully saturated rings. The highest BCUT2D eigenvalue weighted by atomic mass is 35.5. The van der Waals surface area contributed by atoms with Crippen molar-refractivity contribution in [1.29, 1.82) is 0 Å². The zero-order valence-electron chi connectivity index (χ0n) is 12.1. The number of piperazine rings is 1. The second-order valence-electron chi connectivity index (χ2n) is 5.70. The van der Waals surface area contributed by atoms with E-state index in [1.165, 1.54) is 12.8 Å². The third-order valence-corrected chi connectivity index (χ3v) is 4.23. The van der Waals surface area contributed by atoms with E-state index in [0.717, 1.165) is 38.7 Å². The van der Waals surface area contributed by atoms with E-state index >= 15 is 0 Å². The molecule has 110 valence electrons. The lowest BCUT2D eigenvalue weighted by atomic mass is 10.2. The van der Waals surface area contributed by atoms with Gasteiger partial charge in [-0.1, -0.05) is 0 Å². The van der Waals surface area contributed by atoms with Gasteiger partial charge in [0.25, 0.3) is 0 Å². The minimum Gasteiger partial charge on any atom is -0.341 e. The first-order chi connectivity index (χ1) is 9.63. The Hall–Kier alpha value is -1.14. The van der Waals surface area contributed by atoms with E-state index in [0.29, 0.717) is 17.3 Å². The standard InChI is InChI=1S/C13H21ClN6/c1-10-9-18(2)7-8-20(10)13-16-11(14)15-12(17-13)19-5-3-4-6-19/h10H,3-9H2,1-2H3. The summed E-state index contributed by atoms with van der Waals surface area (Å²) in [5.41, 5.74) is 0. The number of hydrogen-bond donors (Lipinski definition) is 0. The molecule has 2 aliphatic heterocycles. The maximum atomic E-state index is 6.10. The van der Waals surface area contributed by atoms with Crippen molar-refractivity contribution >= 4 is 23.5 Å². The van der Waals surface area contributed by atoms with Crippen molar-refractivity contribution in [2.75, 3.05) is 49.6 Å². The summed E-state index contributed by atoms with van der Waals surface area (Å²) in [7, 11) is 2.14. The van der Waals surface area contributed by atoms with Crippen LogP contribution in [-0.2, 0) is 0 Å². The molecular weight excluding hydrogens is 276 g/mol. The van der Waals surface area contributed by atoms with Gasteiger partial charge in [0.15, 0.2) is 0 Å². The molecule has 0 amide bonds. The first kappa shape index (κ1) is 13.8. The van der Waals surface area contributed by atoms with E-state index < -0.39 is 0 Å². The number of hydrogen-bond acceptors (Lipinski definition) is 6.